The summed E-state index contributed by atoms with van der Waals surface area (Å²) in [5, 5.41) is 0.791. The number of hydrogen-bond donors (Lipinski definition) is 2. The largest absolute Gasteiger partial charge is 0.326 e. The lowest BCUT2D eigenvalue weighted by Crippen LogP contribution is -2.20. The predicted octanol–water partition coefficient (Wildman–Crippen LogP) is 2.80. The number of aryl methyl sites for hydroxylation is 1. The Hall–Kier alpha value is -2.73. The molecule has 0 amide bonds. The first-order chi connectivity index (χ1) is 10.6. The Kier molecular flexibility index (Phi) is 2.74. The first-order valence-electron chi connectivity index (χ1n) is 6.75. The molecule has 0 unspecified atom stereocenters. The van der Waals surface area contributed by atoms with Gasteiger partial charge < -0.3 is 4.98 Å². The van der Waals surface area contributed by atoms with Crippen LogP contribution in [0.5, 0.6) is 0 Å². The lowest BCUT2D eigenvalue weighted by atomic mass is 10.1. The molecule has 1 aromatic carbocycles. The fraction of sp³-hybridized carbons (Fsp3) is 0.0625. The molecule has 4 rings (SSSR count). The molecular weight excluding hydrogens is 298 g/mol. The van der Waals surface area contributed by atoms with Crippen molar-refractivity contribution in [2.24, 2.45) is 0 Å². The topological polar surface area (TPSA) is 78.6 Å². The van der Waals surface area contributed by atoms with E-state index in [1.54, 1.807) is 0 Å². The highest BCUT2D eigenvalue weighted by molar-refractivity contribution is 7.25. The van der Waals surface area contributed by atoms with Gasteiger partial charge in [0.05, 0.1) is 11.2 Å². The summed E-state index contributed by atoms with van der Waals surface area (Å²) in [5.41, 5.74) is 2.73. The zero-order chi connectivity index (χ0) is 15.3. The van der Waals surface area contributed by atoms with Crippen LogP contribution < -0.4 is 11.2 Å². The molecule has 0 radical (unpaired) electrons. The zero-order valence-corrected chi connectivity index (χ0v) is 12.5. The van der Waals surface area contributed by atoms with Gasteiger partial charge in [-0.05, 0) is 19.1 Å². The van der Waals surface area contributed by atoms with E-state index in [0.717, 1.165) is 21.5 Å². The Balaban J connectivity index is 2.00. The number of aromatic nitrogens is 3. The second-order valence-electron chi connectivity index (χ2n) is 5.13. The Bertz CT molecular complexity index is 1120. The molecule has 0 aliphatic carbocycles. The number of pyridine rings is 1. The molecule has 6 heteroatoms. The normalized spacial score (nSPS) is 11.3. The van der Waals surface area contributed by atoms with Crippen LogP contribution in [0.25, 0.3) is 31.7 Å². The van der Waals surface area contributed by atoms with E-state index in [2.05, 4.69) is 15.0 Å². The van der Waals surface area contributed by atoms with Crippen molar-refractivity contribution in [1.29, 1.82) is 0 Å². The van der Waals surface area contributed by atoms with E-state index in [9.17, 15) is 9.59 Å². The van der Waals surface area contributed by atoms with Crippen LogP contribution in [0.1, 0.15) is 5.56 Å². The fourth-order valence-corrected chi connectivity index (χ4v) is 3.48. The molecule has 108 valence electrons. The predicted molar refractivity (Wildman–Crippen MR) is 88.5 cm³/mol. The van der Waals surface area contributed by atoms with Gasteiger partial charge >= 0.3 is 5.69 Å². The number of benzene rings is 1. The van der Waals surface area contributed by atoms with Gasteiger partial charge in [0.15, 0.2) is 0 Å². The molecule has 0 aliphatic rings. The second kappa shape index (κ2) is 4.64. The first kappa shape index (κ1) is 13.0. The maximum Gasteiger partial charge on any atom is 0.326 e. The van der Waals surface area contributed by atoms with Gasteiger partial charge in [0.25, 0.3) is 5.56 Å². The van der Waals surface area contributed by atoms with Crippen LogP contribution in [0.2, 0.25) is 0 Å². The van der Waals surface area contributed by atoms with Crippen LogP contribution in [0.4, 0.5) is 0 Å². The van der Waals surface area contributed by atoms with Crippen LogP contribution in [0, 0.1) is 6.92 Å². The lowest BCUT2D eigenvalue weighted by molar-refractivity contribution is 1.09. The molecule has 3 heterocycles. The van der Waals surface area contributed by atoms with E-state index in [4.69, 9.17) is 0 Å². The Morgan fingerprint density at radius 1 is 1.00 bits per heavy atom. The fourth-order valence-electron chi connectivity index (χ4n) is 2.45. The van der Waals surface area contributed by atoms with Gasteiger partial charge in [0.2, 0.25) is 0 Å². The van der Waals surface area contributed by atoms with Gasteiger partial charge in [-0.2, -0.15) is 0 Å². The van der Waals surface area contributed by atoms with E-state index in [-0.39, 0.29) is 5.56 Å². The van der Waals surface area contributed by atoms with Crippen molar-refractivity contribution in [3.05, 3.63) is 62.8 Å². The Morgan fingerprint density at radius 3 is 2.55 bits per heavy atom. The molecule has 4 aromatic rings. The van der Waals surface area contributed by atoms with Crippen LogP contribution in [-0.4, -0.2) is 15.0 Å². The lowest BCUT2D eigenvalue weighted by Gasteiger charge is -2.01. The number of nitrogens with zero attached hydrogens (tertiary/aromatic N) is 1. The van der Waals surface area contributed by atoms with Gasteiger partial charge in [-0.3, -0.25) is 9.78 Å². The van der Waals surface area contributed by atoms with Crippen molar-refractivity contribution in [2.75, 3.05) is 0 Å². The number of H-pyrrole nitrogens is 2. The van der Waals surface area contributed by atoms with Crippen molar-refractivity contribution in [2.45, 2.75) is 6.92 Å². The summed E-state index contributed by atoms with van der Waals surface area (Å²) in [5.74, 6) is 0. The number of aromatic amines is 2. The molecule has 22 heavy (non-hydrogen) atoms. The zero-order valence-electron chi connectivity index (χ0n) is 11.6. The third-order valence-corrected chi connectivity index (χ3v) is 4.67. The second-order valence-corrected chi connectivity index (χ2v) is 6.13. The van der Waals surface area contributed by atoms with Gasteiger partial charge in [-0.15, -0.1) is 11.3 Å². The highest BCUT2D eigenvalue weighted by Crippen LogP contribution is 2.30. The third-order valence-electron chi connectivity index (χ3n) is 3.57. The maximum atomic E-state index is 11.9. The molecule has 2 N–H and O–H groups in total. The van der Waals surface area contributed by atoms with Crippen LogP contribution in [0.3, 0.4) is 0 Å². The Labute approximate surface area is 128 Å². The summed E-state index contributed by atoms with van der Waals surface area (Å²) >= 11 is 1.28. The van der Waals surface area contributed by atoms with E-state index >= 15 is 0 Å². The Morgan fingerprint density at radius 2 is 1.77 bits per heavy atom. The van der Waals surface area contributed by atoms with Crippen LogP contribution in [-0.2, 0) is 0 Å². The molecule has 0 atom stereocenters. The average molecular weight is 309 g/mol. The van der Waals surface area contributed by atoms with Gasteiger partial charge in [0, 0.05) is 10.9 Å². The maximum absolute atomic E-state index is 11.9. The number of rotatable bonds is 1. The number of hydrogen-bond acceptors (Lipinski definition) is 4. The van der Waals surface area contributed by atoms with Crippen molar-refractivity contribution in [3.8, 4) is 11.3 Å². The van der Waals surface area contributed by atoms with E-state index in [1.165, 1.54) is 16.9 Å². The molecule has 0 fully saturated rings. The van der Waals surface area contributed by atoms with Crippen molar-refractivity contribution in [3.63, 3.8) is 0 Å². The smallest absolute Gasteiger partial charge is 0.305 e. The first-order valence-corrected chi connectivity index (χ1v) is 7.56. The summed E-state index contributed by atoms with van der Waals surface area (Å²) in [4.78, 5) is 33.6. The summed E-state index contributed by atoms with van der Waals surface area (Å²) in [6, 6.07) is 11.9. The average Bonchev–Trinajstić information content (AvgIpc) is 2.86. The summed E-state index contributed by atoms with van der Waals surface area (Å²) < 4.78 is 0.489. The monoisotopic (exact) mass is 309 g/mol. The van der Waals surface area contributed by atoms with Crippen LogP contribution >= 0.6 is 11.3 Å². The highest BCUT2D eigenvalue weighted by Gasteiger charge is 2.11. The molecule has 0 saturated heterocycles. The highest BCUT2D eigenvalue weighted by atomic mass is 32.1. The third kappa shape index (κ3) is 1.96. The van der Waals surface area contributed by atoms with Gasteiger partial charge in [-0.1, -0.05) is 29.8 Å². The van der Waals surface area contributed by atoms with Gasteiger partial charge in [0.1, 0.15) is 9.53 Å². The van der Waals surface area contributed by atoms with Crippen LogP contribution in [0.15, 0.2) is 46.0 Å². The minimum absolute atomic E-state index is 0.376. The quantitative estimate of drug-likeness (QED) is 0.567. The molecule has 0 bridgehead atoms. The van der Waals surface area contributed by atoms with Gasteiger partial charge in [-0.25, -0.2) is 9.78 Å². The molecular formula is C16H11N3O2S. The SMILES string of the molecule is Cc1ccc(-c2ccc3c(n2)sc2c(=O)[nH]c(=O)[nH]c23)cc1. The number of fused-ring (bicyclic) bond motifs is 3. The molecule has 0 spiro atoms. The minimum Gasteiger partial charge on any atom is -0.305 e. The summed E-state index contributed by atoms with van der Waals surface area (Å²) in [7, 11) is 0. The summed E-state index contributed by atoms with van der Waals surface area (Å²) in [6.07, 6.45) is 0. The van der Waals surface area contributed by atoms with Crippen molar-refractivity contribution in [1.82, 2.24) is 15.0 Å². The molecule has 0 aliphatic heterocycles. The molecule has 0 saturated carbocycles. The number of nitrogens with one attached hydrogen (secondary N) is 2. The summed E-state index contributed by atoms with van der Waals surface area (Å²) in [6.45, 7) is 2.04. The van der Waals surface area contributed by atoms with Crippen molar-refractivity contribution >= 4 is 31.8 Å². The molecule has 3 aromatic heterocycles. The standard InChI is InChI=1S/C16H11N3O2S/c1-8-2-4-9(5-3-8)11-7-6-10-12-13(22-15(10)17-11)14(20)19-16(21)18-12/h2-7H,1H3,(H2,18,19,20,21). The number of thiophene rings is 1. The molecule has 5 nitrogen and oxygen atoms in total. The van der Waals surface area contributed by atoms with E-state index in [1.807, 2.05) is 43.3 Å². The van der Waals surface area contributed by atoms with E-state index < -0.39 is 5.69 Å². The van der Waals surface area contributed by atoms with Crippen molar-refractivity contribution < 1.29 is 0 Å². The minimum atomic E-state index is -0.500. The van der Waals surface area contributed by atoms with E-state index in [0.29, 0.717) is 10.2 Å².